The predicted molar refractivity (Wildman–Crippen MR) is 138 cm³/mol. The van der Waals surface area contributed by atoms with Crippen molar-refractivity contribution in [2.75, 3.05) is 18.5 Å². The van der Waals surface area contributed by atoms with E-state index in [4.69, 9.17) is 14.6 Å². The first-order valence-corrected chi connectivity index (χ1v) is 12.9. The van der Waals surface area contributed by atoms with Crippen LogP contribution in [-0.4, -0.2) is 48.6 Å². The molecule has 0 amide bonds. The van der Waals surface area contributed by atoms with Gasteiger partial charge in [0, 0.05) is 43.5 Å². The maximum Gasteiger partial charge on any atom is 0.175 e. The van der Waals surface area contributed by atoms with Gasteiger partial charge in [0.2, 0.25) is 0 Å². The van der Waals surface area contributed by atoms with Crippen molar-refractivity contribution in [2.24, 2.45) is 0 Å². The molecule has 2 aliphatic rings. The van der Waals surface area contributed by atoms with Gasteiger partial charge in [0.25, 0.3) is 0 Å². The molecule has 37 heavy (non-hydrogen) atoms. The summed E-state index contributed by atoms with van der Waals surface area (Å²) in [6, 6.07) is 12.7. The highest BCUT2D eigenvalue weighted by Gasteiger charge is 2.30. The first-order chi connectivity index (χ1) is 18.0. The van der Waals surface area contributed by atoms with Crippen LogP contribution in [0.25, 0.3) is 0 Å². The van der Waals surface area contributed by atoms with E-state index in [2.05, 4.69) is 67.8 Å². The van der Waals surface area contributed by atoms with E-state index in [9.17, 15) is 0 Å². The van der Waals surface area contributed by atoms with Gasteiger partial charge in [-0.2, -0.15) is 10.3 Å². The van der Waals surface area contributed by atoms with Gasteiger partial charge in [-0.3, -0.25) is 4.68 Å². The molecule has 1 aliphatic heterocycles. The van der Waals surface area contributed by atoms with Gasteiger partial charge in [-0.05, 0) is 54.9 Å². The number of nitrogens with one attached hydrogen (secondary N) is 2. The third kappa shape index (κ3) is 5.48. The molecule has 4 aromatic rings. The van der Waals surface area contributed by atoms with Crippen molar-refractivity contribution in [3.63, 3.8) is 0 Å². The van der Waals surface area contributed by atoms with Gasteiger partial charge < -0.3 is 14.8 Å². The Morgan fingerprint density at radius 2 is 2.00 bits per heavy atom. The summed E-state index contributed by atoms with van der Waals surface area (Å²) in [5, 5.41) is 22.8. The van der Waals surface area contributed by atoms with E-state index < -0.39 is 0 Å². The van der Waals surface area contributed by atoms with E-state index in [-0.39, 0.29) is 5.41 Å². The smallest absolute Gasteiger partial charge is 0.175 e. The fraction of sp³-hybridized carbons (Fsp3) is 0.444. The highest BCUT2D eigenvalue weighted by atomic mass is 16.5. The molecule has 2 N–H and O–H groups in total. The molecule has 0 atom stereocenters. The van der Waals surface area contributed by atoms with Gasteiger partial charge in [-0.25, -0.2) is 4.98 Å². The fourth-order valence-corrected chi connectivity index (χ4v) is 4.84. The van der Waals surface area contributed by atoms with Crippen LogP contribution in [0.2, 0.25) is 0 Å². The molecule has 0 radical (unpaired) electrons. The first-order valence-electron chi connectivity index (χ1n) is 12.9. The lowest BCUT2D eigenvalue weighted by Crippen LogP contribution is -2.21. The van der Waals surface area contributed by atoms with Crippen LogP contribution in [0.15, 0.2) is 48.8 Å². The molecule has 1 aromatic carbocycles. The number of ether oxygens (including phenoxy) is 2. The molecule has 2 fully saturated rings. The largest absolute Gasteiger partial charge is 0.454 e. The second kappa shape index (κ2) is 9.93. The third-order valence-corrected chi connectivity index (χ3v) is 7.12. The Bertz CT molecular complexity index is 1340. The van der Waals surface area contributed by atoms with Crippen molar-refractivity contribution in [3.8, 4) is 11.5 Å². The van der Waals surface area contributed by atoms with E-state index in [1.807, 2.05) is 24.3 Å². The lowest BCUT2D eigenvalue weighted by atomic mass is 9.81. The van der Waals surface area contributed by atoms with E-state index >= 15 is 0 Å². The molecule has 10 heteroatoms. The number of aromatic amines is 1. The quantitative estimate of drug-likeness (QED) is 0.327. The molecule has 0 unspecified atom stereocenters. The monoisotopic (exact) mass is 500 g/mol. The molecule has 192 valence electrons. The number of hydrogen-bond donors (Lipinski definition) is 2. The number of anilines is 2. The van der Waals surface area contributed by atoms with Crippen molar-refractivity contribution in [1.82, 2.24) is 35.4 Å². The summed E-state index contributed by atoms with van der Waals surface area (Å²) in [4.78, 5) is 4.52. The molecule has 0 spiro atoms. The molecule has 6 rings (SSSR count). The fourth-order valence-electron chi connectivity index (χ4n) is 4.84. The van der Waals surface area contributed by atoms with E-state index in [1.54, 1.807) is 6.20 Å². The lowest BCUT2D eigenvalue weighted by molar-refractivity contribution is 0.0839. The molecular formula is C27H32N8O2. The summed E-state index contributed by atoms with van der Waals surface area (Å²) in [6.45, 7) is 5.89. The maximum atomic E-state index is 6.41. The summed E-state index contributed by atoms with van der Waals surface area (Å²) in [5.74, 6) is 3.34. The number of H-pyrrole nitrogens is 1. The molecular weight excluding hydrogens is 468 g/mol. The Hall–Kier alpha value is -3.79. The van der Waals surface area contributed by atoms with Crippen LogP contribution in [0.1, 0.15) is 68.6 Å². The summed E-state index contributed by atoms with van der Waals surface area (Å²) < 4.78 is 14.1. The Kier molecular flexibility index (Phi) is 6.33. The number of tetrazole rings is 1. The average molecular weight is 501 g/mol. The Labute approximate surface area is 215 Å². The number of rotatable bonds is 9. The van der Waals surface area contributed by atoms with E-state index in [0.29, 0.717) is 30.0 Å². The third-order valence-electron chi connectivity index (χ3n) is 7.12. The average Bonchev–Trinajstić information content (AvgIpc) is 3.48. The highest BCUT2D eigenvalue weighted by Crippen LogP contribution is 2.40. The van der Waals surface area contributed by atoms with Crippen molar-refractivity contribution < 1.29 is 9.47 Å². The highest BCUT2D eigenvalue weighted by molar-refractivity contribution is 5.59. The SMILES string of the molecule is CC(C)(Cc1nn[nH]n1)c1cccc(Nc2cc(Oc3cn(C4CC4)nc3C3CCOCC3)ccn2)c1. The summed E-state index contributed by atoms with van der Waals surface area (Å²) >= 11 is 0. The molecule has 10 nitrogen and oxygen atoms in total. The molecule has 1 saturated heterocycles. The van der Waals surface area contributed by atoms with Gasteiger partial charge in [-0.15, -0.1) is 10.2 Å². The van der Waals surface area contributed by atoms with Gasteiger partial charge in [0.15, 0.2) is 11.6 Å². The van der Waals surface area contributed by atoms with Gasteiger partial charge in [0.05, 0.1) is 12.2 Å². The topological polar surface area (TPSA) is 116 Å². The van der Waals surface area contributed by atoms with Crippen LogP contribution < -0.4 is 10.1 Å². The minimum Gasteiger partial charge on any atom is -0.454 e. The van der Waals surface area contributed by atoms with Crippen LogP contribution in [0.4, 0.5) is 11.5 Å². The number of aromatic nitrogens is 7. The minimum absolute atomic E-state index is 0.164. The molecule has 1 aliphatic carbocycles. The zero-order valence-electron chi connectivity index (χ0n) is 21.2. The van der Waals surface area contributed by atoms with Crippen LogP contribution in [0, 0.1) is 0 Å². The van der Waals surface area contributed by atoms with Gasteiger partial charge in [-0.1, -0.05) is 31.2 Å². The Morgan fingerprint density at radius 1 is 1.14 bits per heavy atom. The molecule has 3 aromatic heterocycles. The standard InChI is InChI=1S/C27H32N8O2/c1-27(2,16-25-30-33-34-31-25)19-4-3-5-20(14-19)29-24-15-22(8-11-28-24)37-23-17-35(21-6-7-21)32-26(23)18-9-12-36-13-10-18/h3-5,8,11,14-15,17-18,21H,6-7,9-10,12-13,16H2,1-2H3,(H,28,29)(H,30,31,33,34). The summed E-state index contributed by atoms with van der Waals surface area (Å²) in [5.41, 5.74) is 3.00. The summed E-state index contributed by atoms with van der Waals surface area (Å²) in [7, 11) is 0. The number of pyridine rings is 1. The molecule has 4 heterocycles. The van der Waals surface area contributed by atoms with Crippen LogP contribution in [0.5, 0.6) is 11.5 Å². The van der Waals surface area contributed by atoms with Crippen LogP contribution in [0.3, 0.4) is 0 Å². The molecule has 1 saturated carbocycles. The summed E-state index contributed by atoms with van der Waals surface area (Å²) in [6.07, 6.45) is 8.82. The first kappa shape index (κ1) is 23.6. The van der Waals surface area contributed by atoms with Crippen molar-refractivity contribution in [1.29, 1.82) is 0 Å². The van der Waals surface area contributed by atoms with E-state index in [0.717, 1.165) is 48.9 Å². The second-order valence-electron chi connectivity index (χ2n) is 10.5. The van der Waals surface area contributed by atoms with Crippen molar-refractivity contribution >= 4 is 11.5 Å². The van der Waals surface area contributed by atoms with Crippen LogP contribution in [-0.2, 0) is 16.6 Å². The second-order valence-corrected chi connectivity index (χ2v) is 10.5. The van der Waals surface area contributed by atoms with Gasteiger partial charge in [0.1, 0.15) is 17.3 Å². The Balaban J connectivity index is 1.19. The number of benzene rings is 1. The van der Waals surface area contributed by atoms with Crippen molar-refractivity contribution in [3.05, 3.63) is 65.9 Å². The number of nitrogens with zero attached hydrogens (tertiary/aromatic N) is 6. The zero-order valence-corrected chi connectivity index (χ0v) is 21.2. The normalized spacial score (nSPS) is 16.6. The zero-order chi connectivity index (χ0) is 25.2. The van der Waals surface area contributed by atoms with E-state index in [1.165, 1.54) is 18.4 Å². The number of hydrogen-bond acceptors (Lipinski definition) is 8. The lowest BCUT2D eigenvalue weighted by Gasteiger charge is -2.24. The maximum absolute atomic E-state index is 6.41. The van der Waals surface area contributed by atoms with Crippen LogP contribution >= 0.6 is 0 Å². The van der Waals surface area contributed by atoms with Crippen molar-refractivity contribution in [2.45, 2.75) is 63.3 Å². The predicted octanol–water partition coefficient (Wildman–Crippen LogP) is 5.08. The molecule has 0 bridgehead atoms. The van der Waals surface area contributed by atoms with Gasteiger partial charge >= 0.3 is 0 Å². The Morgan fingerprint density at radius 3 is 2.78 bits per heavy atom. The minimum atomic E-state index is -0.164.